The number of nitro groups is 1. The van der Waals surface area contributed by atoms with Gasteiger partial charge in [0.1, 0.15) is 11.4 Å². The number of hydrogen-bond donors (Lipinski definition) is 1. The van der Waals surface area contributed by atoms with Gasteiger partial charge in [-0.2, -0.15) is 0 Å². The fourth-order valence-corrected chi connectivity index (χ4v) is 1.91. The van der Waals surface area contributed by atoms with E-state index in [1.165, 1.54) is 12.1 Å². The van der Waals surface area contributed by atoms with E-state index < -0.39 is 11.0 Å². The molecule has 0 saturated heterocycles. The number of halogens is 1. The second-order valence-corrected chi connectivity index (χ2v) is 5.16. The second kappa shape index (κ2) is 6.36. The lowest BCUT2D eigenvalue weighted by atomic mass is 10.2. The lowest BCUT2D eigenvalue weighted by Crippen LogP contribution is -2.17. The maximum Gasteiger partial charge on any atom is 0.417 e. The van der Waals surface area contributed by atoms with Crippen LogP contribution < -0.4 is 10.1 Å². The number of carbonyl (C=O) groups excluding carboxylic acids is 1. The molecule has 7 heteroatoms. The molecule has 0 bridgehead atoms. The third-order valence-electron chi connectivity index (χ3n) is 2.61. The third-order valence-corrected chi connectivity index (χ3v) is 3.14. The molecule has 21 heavy (non-hydrogen) atoms. The summed E-state index contributed by atoms with van der Waals surface area (Å²) in [6.45, 7) is 1.73. The molecule has 0 atom stereocenters. The summed E-state index contributed by atoms with van der Waals surface area (Å²) in [6, 6.07) is 11.2. The molecule has 0 saturated carbocycles. The number of benzene rings is 2. The predicted molar refractivity (Wildman–Crippen MR) is 81.6 cm³/mol. The van der Waals surface area contributed by atoms with Crippen LogP contribution in [0.2, 0.25) is 0 Å². The molecule has 0 fully saturated rings. The molecule has 0 unspecified atom stereocenters. The van der Waals surface area contributed by atoms with Crippen LogP contribution in [0, 0.1) is 17.0 Å². The van der Waals surface area contributed by atoms with Crippen molar-refractivity contribution in [3.8, 4) is 5.75 Å². The van der Waals surface area contributed by atoms with Crippen molar-refractivity contribution in [1.82, 2.24) is 0 Å². The van der Waals surface area contributed by atoms with Gasteiger partial charge in [0.15, 0.2) is 0 Å². The van der Waals surface area contributed by atoms with E-state index >= 15 is 0 Å². The molecule has 6 nitrogen and oxygen atoms in total. The van der Waals surface area contributed by atoms with Crippen LogP contribution in [0.5, 0.6) is 5.75 Å². The number of anilines is 1. The van der Waals surface area contributed by atoms with Gasteiger partial charge in [-0.3, -0.25) is 15.4 Å². The minimum atomic E-state index is -0.788. The van der Waals surface area contributed by atoms with Crippen LogP contribution in [0.25, 0.3) is 0 Å². The van der Waals surface area contributed by atoms with Gasteiger partial charge in [0.25, 0.3) is 5.69 Å². The van der Waals surface area contributed by atoms with Crippen LogP contribution in [-0.4, -0.2) is 11.0 Å². The van der Waals surface area contributed by atoms with E-state index in [2.05, 4.69) is 21.2 Å². The predicted octanol–water partition coefficient (Wildman–Crippen LogP) is 4.28. The highest BCUT2D eigenvalue weighted by Gasteiger charge is 2.16. The van der Waals surface area contributed by atoms with Crippen LogP contribution in [0.4, 0.5) is 16.2 Å². The van der Waals surface area contributed by atoms with Gasteiger partial charge in [-0.25, -0.2) is 4.79 Å². The largest absolute Gasteiger partial charge is 0.417 e. The van der Waals surface area contributed by atoms with Crippen LogP contribution in [0.1, 0.15) is 5.56 Å². The van der Waals surface area contributed by atoms with Gasteiger partial charge in [0, 0.05) is 10.5 Å². The van der Waals surface area contributed by atoms with E-state index in [0.29, 0.717) is 5.75 Å². The first kappa shape index (κ1) is 15.0. The van der Waals surface area contributed by atoms with E-state index in [1.54, 1.807) is 37.3 Å². The number of rotatable bonds is 3. The van der Waals surface area contributed by atoms with Crippen molar-refractivity contribution < 1.29 is 14.5 Å². The summed E-state index contributed by atoms with van der Waals surface area (Å²) in [6.07, 6.45) is -0.788. The van der Waals surface area contributed by atoms with Crippen LogP contribution in [0.15, 0.2) is 46.9 Å². The van der Waals surface area contributed by atoms with Crippen LogP contribution in [-0.2, 0) is 0 Å². The zero-order chi connectivity index (χ0) is 15.4. The molecule has 0 aliphatic rings. The molecule has 1 N–H and O–H groups in total. The zero-order valence-electron chi connectivity index (χ0n) is 11.0. The zero-order valence-corrected chi connectivity index (χ0v) is 12.6. The Morgan fingerprint density at radius 1 is 1.24 bits per heavy atom. The maximum absolute atomic E-state index is 11.8. The van der Waals surface area contributed by atoms with Crippen molar-refractivity contribution in [3.05, 3.63) is 62.6 Å². The summed E-state index contributed by atoms with van der Waals surface area (Å²) in [5.74, 6) is 0.338. The average Bonchev–Trinajstić information content (AvgIpc) is 2.43. The number of amides is 1. The van der Waals surface area contributed by atoms with Crippen molar-refractivity contribution in [2.24, 2.45) is 0 Å². The Labute approximate surface area is 129 Å². The highest BCUT2D eigenvalue weighted by Crippen LogP contribution is 2.25. The number of ether oxygens (including phenoxy) is 1. The SMILES string of the molecule is Cc1ccc(NC(=O)Oc2ccc(Br)cc2)c([N+](=O)[O-])c1. The smallest absolute Gasteiger partial charge is 0.410 e. The molecule has 108 valence electrons. The van der Waals surface area contributed by atoms with Crippen molar-refractivity contribution in [1.29, 1.82) is 0 Å². The lowest BCUT2D eigenvalue weighted by molar-refractivity contribution is -0.384. The topological polar surface area (TPSA) is 81.5 Å². The maximum atomic E-state index is 11.8. The molecule has 1 amide bonds. The Morgan fingerprint density at radius 2 is 1.90 bits per heavy atom. The summed E-state index contributed by atoms with van der Waals surface area (Å²) in [5.41, 5.74) is 0.643. The Kier molecular flexibility index (Phi) is 4.54. The first-order valence-corrected chi connectivity index (χ1v) is 6.74. The van der Waals surface area contributed by atoms with E-state index in [-0.39, 0.29) is 11.4 Å². The molecular weight excluding hydrogens is 340 g/mol. The minimum Gasteiger partial charge on any atom is -0.410 e. The summed E-state index contributed by atoms with van der Waals surface area (Å²) < 4.78 is 5.90. The van der Waals surface area contributed by atoms with Gasteiger partial charge in [-0.15, -0.1) is 0 Å². The van der Waals surface area contributed by atoms with Gasteiger partial charge >= 0.3 is 6.09 Å². The molecule has 0 aliphatic heterocycles. The Bertz CT molecular complexity index is 686. The summed E-state index contributed by atoms with van der Waals surface area (Å²) in [7, 11) is 0. The molecule has 0 aliphatic carbocycles. The summed E-state index contributed by atoms with van der Waals surface area (Å²) >= 11 is 3.27. The van der Waals surface area contributed by atoms with E-state index in [4.69, 9.17) is 4.74 Å². The minimum absolute atomic E-state index is 0.0905. The van der Waals surface area contributed by atoms with Gasteiger partial charge in [-0.05, 0) is 42.8 Å². The summed E-state index contributed by atoms with van der Waals surface area (Å²) in [4.78, 5) is 22.2. The third kappa shape index (κ3) is 4.03. The monoisotopic (exact) mass is 350 g/mol. The van der Waals surface area contributed by atoms with Crippen molar-refractivity contribution >= 4 is 33.4 Å². The molecule has 2 aromatic carbocycles. The van der Waals surface area contributed by atoms with E-state index in [1.807, 2.05) is 0 Å². The highest BCUT2D eigenvalue weighted by molar-refractivity contribution is 9.10. The van der Waals surface area contributed by atoms with Gasteiger partial charge in [0.2, 0.25) is 0 Å². The molecule has 2 rings (SSSR count). The standard InChI is InChI=1S/C14H11BrN2O4/c1-9-2-7-12(13(8-9)17(19)20)16-14(18)21-11-5-3-10(15)4-6-11/h2-8H,1H3,(H,16,18). The van der Waals surface area contributed by atoms with Crippen molar-refractivity contribution in [3.63, 3.8) is 0 Å². The normalized spacial score (nSPS) is 10.0. The van der Waals surface area contributed by atoms with E-state index in [0.717, 1.165) is 10.0 Å². The first-order chi connectivity index (χ1) is 9.95. The number of nitro benzene ring substituents is 1. The van der Waals surface area contributed by atoms with Crippen molar-refractivity contribution in [2.75, 3.05) is 5.32 Å². The van der Waals surface area contributed by atoms with E-state index in [9.17, 15) is 14.9 Å². The quantitative estimate of drug-likeness (QED) is 0.661. The highest BCUT2D eigenvalue weighted by atomic mass is 79.9. The second-order valence-electron chi connectivity index (χ2n) is 4.25. The molecule has 0 heterocycles. The summed E-state index contributed by atoms with van der Waals surface area (Å²) in [5, 5.41) is 13.3. The molecule has 0 radical (unpaired) electrons. The average molecular weight is 351 g/mol. The molecule has 0 aromatic heterocycles. The number of carbonyl (C=O) groups is 1. The van der Waals surface area contributed by atoms with Gasteiger partial charge < -0.3 is 4.74 Å². The van der Waals surface area contributed by atoms with Gasteiger partial charge in [0.05, 0.1) is 4.92 Å². The van der Waals surface area contributed by atoms with Crippen molar-refractivity contribution in [2.45, 2.75) is 6.92 Å². The molecular formula is C14H11BrN2O4. The molecule has 0 spiro atoms. The molecule has 2 aromatic rings. The number of aryl methyl sites for hydroxylation is 1. The fraction of sp³-hybridized carbons (Fsp3) is 0.0714. The van der Waals surface area contributed by atoms with Gasteiger partial charge in [-0.1, -0.05) is 22.0 Å². The van der Waals surface area contributed by atoms with Crippen LogP contribution in [0.3, 0.4) is 0 Å². The number of nitrogens with zero attached hydrogens (tertiary/aromatic N) is 1. The lowest BCUT2D eigenvalue weighted by Gasteiger charge is -2.07. The number of hydrogen-bond acceptors (Lipinski definition) is 4. The van der Waals surface area contributed by atoms with Crippen LogP contribution >= 0.6 is 15.9 Å². The number of nitrogens with one attached hydrogen (secondary N) is 1. The Balaban J connectivity index is 2.12. The Morgan fingerprint density at radius 3 is 2.52 bits per heavy atom. The Hall–Kier alpha value is -2.41. The first-order valence-electron chi connectivity index (χ1n) is 5.95. The fourth-order valence-electron chi connectivity index (χ4n) is 1.64.